The van der Waals surface area contributed by atoms with Gasteiger partial charge in [0.2, 0.25) is 0 Å². The monoisotopic (exact) mass is 380 g/mol. The summed E-state index contributed by atoms with van der Waals surface area (Å²) in [5.41, 5.74) is 2.65. The van der Waals surface area contributed by atoms with Gasteiger partial charge in [-0.25, -0.2) is 4.99 Å². The molecule has 7 nitrogen and oxygen atoms in total. The van der Waals surface area contributed by atoms with Gasteiger partial charge in [-0.3, -0.25) is 19.5 Å². The van der Waals surface area contributed by atoms with E-state index in [0.717, 1.165) is 11.3 Å². The zero-order chi connectivity index (χ0) is 19.0. The lowest BCUT2D eigenvalue weighted by atomic mass is 10.2. The summed E-state index contributed by atoms with van der Waals surface area (Å²) in [7, 11) is 0. The van der Waals surface area contributed by atoms with Crippen molar-refractivity contribution in [1.82, 2.24) is 4.57 Å². The standard InChI is InChI=1S/C19H16N4O3S/c1-13-4-2-6-15(8-13)21-11-20-19-22(12-21)18(24)17(27-19)10-14-5-3-7-16(9-14)23(25)26/h2-10H,11-12H2,1H3. The fourth-order valence-electron chi connectivity index (χ4n) is 2.98. The lowest BCUT2D eigenvalue weighted by Crippen LogP contribution is -2.42. The topological polar surface area (TPSA) is 80.7 Å². The van der Waals surface area contributed by atoms with E-state index >= 15 is 0 Å². The lowest BCUT2D eigenvalue weighted by molar-refractivity contribution is -0.384. The number of thiazole rings is 1. The number of non-ortho nitro benzene ring substituents is 1. The number of hydrogen-bond donors (Lipinski definition) is 0. The Morgan fingerprint density at radius 1 is 1.22 bits per heavy atom. The molecular weight excluding hydrogens is 364 g/mol. The highest BCUT2D eigenvalue weighted by molar-refractivity contribution is 7.07. The van der Waals surface area contributed by atoms with Gasteiger partial charge in [0.1, 0.15) is 13.3 Å². The van der Waals surface area contributed by atoms with Gasteiger partial charge in [0, 0.05) is 17.8 Å². The van der Waals surface area contributed by atoms with Crippen molar-refractivity contribution in [3.63, 3.8) is 0 Å². The fourth-order valence-corrected chi connectivity index (χ4v) is 3.94. The molecule has 27 heavy (non-hydrogen) atoms. The molecule has 0 amide bonds. The van der Waals surface area contributed by atoms with E-state index in [-0.39, 0.29) is 11.2 Å². The highest BCUT2D eigenvalue weighted by Crippen LogP contribution is 2.17. The van der Waals surface area contributed by atoms with Gasteiger partial charge in [-0.05, 0) is 36.3 Å². The number of rotatable bonds is 3. The minimum atomic E-state index is -0.446. The summed E-state index contributed by atoms with van der Waals surface area (Å²) in [6, 6.07) is 14.3. The first kappa shape index (κ1) is 17.2. The second-order valence-corrected chi connectivity index (χ2v) is 7.31. The molecule has 1 aliphatic heterocycles. The minimum absolute atomic E-state index is 0.000446. The highest BCUT2D eigenvalue weighted by Gasteiger charge is 2.16. The van der Waals surface area contributed by atoms with E-state index in [1.54, 1.807) is 22.8 Å². The van der Waals surface area contributed by atoms with Crippen molar-refractivity contribution < 1.29 is 4.92 Å². The highest BCUT2D eigenvalue weighted by atomic mass is 32.1. The maximum absolute atomic E-state index is 12.8. The molecule has 0 saturated carbocycles. The van der Waals surface area contributed by atoms with Crippen LogP contribution in [0.1, 0.15) is 11.1 Å². The number of aromatic nitrogens is 1. The number of anilines is 1. The van der Waals surface area contributed by atoms with Crippen LogP contribution in [0.2, 0.25) is 0 Å². The number of aryl methyl sites for hydroxylation is 1. The second-order valence-electron chi connectivity index (χ2n) is 6.30. The average molecular weight is 380 g/mol. The molecule has 0 aliphatic carbocycles. The van der Waals surface area contributed by atoms with Crippen LogP contribution in [0.15, 0.2) is 58.3 Å². The Morgan fingerprint density at radius 3 is 2.81 bits per heavy atom. The quantitative estimate of drug-likeness (QED) is 0.514. The number of benzene rings is 2. The van der Waals surface area contributed by atoms with Gasteiger partial charge in [-0.1, -0.05) is 35.6 Å². The Bertz CT molecular complexity index is 1210. The number of nitro groups is 1. The number of nitro benzene ring substituents is 1. The van der Waals surface area contributed by atoms with Crippen LogP contribution in [0.5, 0.6) is 0 Å². The molecular formula is C19H16N4O3S. The first-order valence-electron chi connectivity index (χ1n) is 8.33. The zero-order valence-corrected chi connectivity index (χ0v) is 15.3. The predicted molar refractivity (Wildman–Crippen MR) is 105 cm³/mol. The van der Waals surface area contributed by atoms with E-state index < -0.39 is 4.92 Å². The van der Waals surface area contributed by atoms with Gasteiger partial charge in [0.05, 0.1) is 9.46 Å². The largest absolute Gasteiger partial charge is 0.334 e. The molecule has 0 atom stereocenters. The molecule has 2 heterocycles. The van der Waals surface area contributed by atoms with Crippen LogP contribution in [0, 0.1) is 17.0 Å². The Labute approximate surface area is 158 Å². The second kappa shape index (κ2) is 6.81. The zero-order valence-electron chi connectivity index (χ0n) is 14.5. The van der Waals surface area contributed by atoms with E-state index in [1.165, 1.54) is 23.5 Å². The van der Waals surface area contributed by atoms with E-state index in [9.17, 15) is 14.9 Å². The third-order valence-electron chi connectivity index (χ3n) is 4.32. The maximum atomic E-state index is 12.8. The van der Waals surface area contributed by atoms with Crippen LogP contribution in [0.25, 0.3) is 6.08 Å². The first-order valence-corrected chi connectivity index (χ1v) is 9.15. The molecule has 8 heteroatoms. The third kappa shape index (κ3) is 3.39. The molecule has 1 aliphatic rings. The van der Waals surface area contributed by atoms with Gasteiger partial charge in [-0.15, -0.1) is 0 Å². The van der Waals surface area contributed by atoms with Gasteiger partial charge in [-0.2, -0.15) is 0 Å². The molecule has 0 N–H and O–H groups in total. The molecule has 1 aromatic heterocycles. The number of hydrogen-bond acceptors (Lipinski definition) is 6. The summed E-state index contributed by atoms with van der Waals surface area (Å²) in [6.07, 6.45) is 1.68. The van der Waals surface area contributed by atoms with Crippen molar-refractivity contribution in [2.24, 2.45) is 4.99 Å². The van der Waals surface area contributed by atoms with Crippen molar-refractivity contribution in [2.75, 3.05) is 11.6 Å². The molecule has 0 fully saturated rings. The molecule has 3 aromatic rings. The van der Waals surface area contributed by atoms with Gasteiger partial charge >= 0.3 is 0 Å². The van der Waals surface area contributed by atoms with Gasteiger partial charge in [0.25, 0.3) is 11.2 Å². The molecule has 0 spiro atoms. The minimum Gasteiger partial charge on any atom is -0.334 e. The SMILES string of the molecule is Cc1cccc(N2CN=c3sc(=Cc4cccc([N+](=O)[O-])c4)c(=O)n3C2)c1. The maximum Gasteiger partial charge on any atom is 0.271 e. The normalized spacial score (nSPS) is 14.0. The van der Waals surface area contributed by atoms with Crippen LogP contribution >= 0.6 is 11.3 Å². The van der Waals surface area contributed by atoms with Crippen molar-refractivity contribution in [2.45, 2.75) is 13.6 Å². The Balaban J connectivity index is 1.72. The Morgan fingerprint density at radius 2 is 2.04 bits per heavy atom. The van der Waals surface area contributed by atoms with Gasteiger partial charge in [0.15, 0.2) is 4.80 Å². The summed E-state index contributed by atoms with van der Waals surface area (Å²) < 4.78 is 2.15. The Kier molecular flexibility index (Phi) is 4.33. The third-order valence-corrected chi connectivity index (χ3v) is 5.37. The van der Waals surface area contributed by atoms with Crippen LogP contribution in [0.4, 0.5) is 11.4 Å². The summed E-state index contributed by atoms with van der Waals surface area (Å²) in [5.74, 6) is 0. The van der Waals surface area contributed by atoms with Crippen LogP contribution < -0.4 is 19.8 Å². The summed E-state index contributed by atoms with van der Waals surface area (Å²) in [6.45, 7) is 2.94. The van der Waals surface area contributed by atoms with E-state index in [0.29, 0.717) is 28.2 Å². The summed E-state index contributed by atoms with van der Waals surface area (Å²) in [5, 5.41) is 10.9. The van der Waals surface area contributed by atoms with Crippen LogP contribution in [0.3, 0.4) is 0 Å². The van der Waals surface area contributed by atoms with Crippen LogP contribution in [-0.4, -0.2) is 16.2 Å². The van der Waals surface area contributed by atoms with Crippen molar-refractivity contribution in [1.29, 1.82) is 0 Å². The van der Waals surface area contributed by atoms with E-state index in [1.807, 2.05) is 30.0 Å². The molecule has 0 bridgehead atoms. The lowest BCUT2D eigenvalue weighted by Gasteiger charge is -2.25. The molecule has 0 unspecified atom stereocenters. The predicted octanol–water partition coefficient (Wildman–Crippen LogP) is 2.01. The van der Waals surface area contributed by atoms with Crippen molar-refractivity contribution >= 4 is 28.8 Å². The Hall–Kier alpha value is -3.26. The van der Waals surface area contributed by atoms with Crippen molar-refractivity contribution in [3.05, 3.63) is 89.5 Å². The molecule has 0 saturated heterocycles. The fraction of sp³-hybridized carbons (Fsp3) is 0.158. The summed E-state index contributed by atoms with van der Waals surface area (Å²) in [4.78, 5) is 30.5. The first-order chi connectivity index (χ1) is 13.0. The van der Waals surface area contributed by atoms with E-state index in [4.69, 9.17) is 0 Å². The molecule has 136 valence electrons. The molecule has 4 rings (SSSR count). The van der Waals surface area contributed by atoms with Crippen LogP contribution in [-0.2, 0) is 6.67 Å². The van der Waals surface area contributed by atoms with Crippen molar-refractivity contribution in [3.8, 4) is 0 Å². The smallest absolute Gasteiger partial charge is 0.271 e. The van der Waals surface area contributed by atoms with E-state index in [2.05, 4.69) is 11.1 Å². The van der Waals surface area contributed by atoms with Gasteiger partial charge < -0.3 is 4.90 Å². The molecule has 2 aromatic carbocycles. The average Bonchev–Trinajstić information content (AvgIpc) is 2.97. The number of nitrogens with zero attached hydrogens (tertiary/aromatic N) is 4. The molecule has 0 radical (unpaired) electrons. The summed E-state index contributed by atoms with van der Waals surface area (Å²) >= 11 is 1.30. The number of fused-ring (bicyclic) bond motifs is 1.